The Labute approximate surface area is 141 Å². The number of hydrogen-bond donors (Lipinski definition) is 1. The van der Waals surface area contributed by atoms with Gasteiger partial charge < -0.3 is 10.1 Å². The normalized spacial score (nSPS) is 22.5. The van der Waals surface area contributed by atoms with E-state index in [2.05, 4.69) is 5.32 Å². The van der Waals surface area contributed by atoms with Gasteiger partial charge in [-0.15, -0.1) is 0 Å². The van der Waals surface area contributed by atoms with Crippen LogP contribution in [-0.4, -0.2) is 36.0 Å². The molecule has 1 spiro atoms. The highest BCUT2D eigenvalue weighted by Crippen LogP contribution is 2.39. The maximum atomic E-state index is 13.0. The van der Waals surface area contributed by atoms with Crippen LogP contribution < -0.4 is 5.32 Å². The Morgan fingerprint density at radius 1 is 1.33 bits per heavy atom. The van der Waals surface area contributed by atoms with Crippen LogP contribution in [0.15, 0.2) is 24.3 Å². The van der Waals surface area contributed by atoms with Gasteiger partial charge >= 0.3 is 12.0 Å². The molecule has 1 N–H and O–H groups in total. The number of nitrogens with zero attached hydrogens (tertiary/aromatic N) is 1. The number of aryl methyl sites for hydroxylation is 1. The molecule has 2 aliphatic rings. The summed E-state index contributed by atoms with van der Waals surface area (Å²) in [5.74, 6) is -0.648. The highest BCUT2D eigenvalue weighted by molar-refractivity contribution is 6.08. The van der Waals surface area contributed by atoms with E-state index < -0.39 is 11.6 Å². The first-order chi connectivity index (χ1) is 11.6. The van der Waals surface area contributed by atoms with Crippen LogP contribution >= 0.6 is 0 Å². The molecule has 1 fully saturated rings. The molecule has 1 aromatic rings. The van der Waals surface area contributed by atoms with Crippen molar-refractivity contribution < 1.29 is 19.1 Å². The van der Waals surface area contributed by atoms with Gasteiger partial charge in [0.05, 0.1) is 13.0 Å². The molecule has 3 amide bonds. The number of hydrogen-bond acceptors (Lipinski definition) is 4. The number of benzene rings is 1. The van der Waals surface area contributed by atoms with E-state index in [1.807, 2.05) is 31.2 Å². The van der Waals surface area contributed by atoms with Gasteiger partial charge in [-0.3, -0.25) is 14.5 Å². The topological polar surface area (TPSA) is 75.7 Å². The third kappa shape index (κ3) is 2.77. The van der Waals surface area contributed by atoms with E-state index in [-0.39, 0.29) is 24.8 Å². The molecule has 0 saturated carbocycles. The summed E-state index contributed by atoms with van der Waals surface area (Å²) in [6, 6.07) is 7.31. The van der Waals surface area contributed by atoms with Crippen molar-refractivity contribution in [1.29, 1.82) is 0 Å². The highest BCUT2D eigenvalue weighted by Gasteiger charge is 2.53. The fraction of sp³-hybridized carbons (Fsp3) is 0.500. The summed E-state index contributed by atoms with van der Waals surface area (Å²) >= 11 is 0. The molecule has 128 valence electrons. The third-order valence-corrected chi connectivity index (χ3v) is 4.66. The first-order valence-corrected chi connectivity index (χ1v) is 8.46. The van der Waals surface area contributed by atoms with Crippen molar-refractivity contribution in [2.75, 3.05) is 13.2 Å². The number of fused-ring (bicyclic) bond motifs is 2. The number of imide groups is 1. The van der Waals surface area contributed by atoms with Crippen LogP contribution in [0, 0.1) is 0 Å². The second kappa shape index (κ2) is 6.63. The summed E-state index contributed by atoms with van der Waals surface area (Å²) in [7, 11) is 0. The zero-order valence-electron chi connectivity index (χ0n) is 13.8. The lowest BCUT2D eigenvalue weighted by Crippen LogP contribution is -2.46. The molecule has 6 nitrogen and oxygen atoms in total. The number of carbonyl (C=O) groups is 3. The van der Waals surface area contributed by atoms with E-state index in [1.54, 1.807) is 0 Å². The van der Waals surface area contributed by atoms with Crippen molar-refractivity contribution in [2.45, 2.75) is 44.6 Å². The van der Waals surface area contributed by atoms with Gasteiger partial charge in [-0.05, 0) is 36.8 Å². The summed E-state index contributed by atoms with van der Waals surface area (Å²) in [5.41, 5.74) is 1.01. The Hall–Kier alpha value is -2.37. The lowest BCUT2D eigenvalue weighted by molar-refractivity contribution is -0.144. The Morgan fingerprint density at radius 2 is 2.12 bits per heavy atom. The van der Waals surface area contributed by atoms with Crippen molar-refractivity contribution in [3.8, 4) is 0 Å². The summed E-state index contributed by atoms with van der Waals surface area (Å²) < 4.78 is 5.01. The largest absolute Gasteiger partial charge is 0.466 e. The SMILES string of the molecule is CCCOC(=O)CCN1C(=O)N[C@]2(CCCc3ccccc32)C1=O. The molecule has 1 aliphatic carbocycles. The molecule has 1 aromatic carbocycles. The van der Waals surface area contributed by atoms with Crippen LogP contribution in [0.5, 0.6) is 0 Å². The maximum absolute atomic E-state index is 13.0. The number of urea groups is 1. The fourth-order valence-corrected chi connectivity index (χ4v) is 3.51. The van der Waals surface area contributed by atoms with Gasteiger partial charge in [0.1, 0.15) is 5.54 Å². The van der Waals surface area contributed by atoms with Gasteiger partial charge in [-0.1, -0.05) is 31.2 Å². The number of ether oxygens (including phenoxy) is 1. The lowest BCUT2D eigenvalue weighted by Gasteiger charge is -2.33. The van der Waals surface area contributed by atoms with Crippen molar-refractivity contribution in [1.82, 2.24) is 10.2 Å². The molecular formula is C18H22N2O4. The van der Waals surface area contributed by atoms with Crippen LogP contribution in [0.2, 0.25) is 0 Å². The van der Waals surface area contributed by atoms with Crippen molar-refractivity contribution in [2.24, 2.45) is 0 Å². The van der Waals surface area contributed by atoms with E-state index in [0.717, 1.165) is 35.3 Å². The summed E-state index contributed by atoms with van der Waals surface area (Å²) in [6.07, 6.45) is 3.11. The lowest BCUT2D eigenvalue weighted by atomic mass is 9.76. The standard InChI is InChI=1S/C18H22N2O4/c1-2-12-24-15(21)9-11-20-16(22)18(19-17(20)23)10-5-7-13-6-3-4-8-14(13)18/h3-4,6,8H,2,5,7,9-12H2,1H3,(H,19,23)/t18-/m0/s1. The van der Waals surface area contributed by atoms with Gasteiger partial charge in [0.25, 0.3) is 5.91 Å². The number of amides is 3. The number of carbonyl (C=O) groups excluding carboxylic acids is 3. The van der Waals surface area contributed by atoms with Crippen LogP contribution in [0.3, 0.4) is 0 Å². The predicted octanol–water partition coefficient (Wildman–Crippen LogP) is 2.11. The van der Waals surface area contributed by atoms with Gasteiger partial charge in [-0.2, -0.15) is 0 Å². The van der Waals surface area contributed by atoms with Gasteiger partial charge in [0.2, 0.25) is 0 Å². The summed E-state index contributed by atoms with van der Waals surface area (Å²) in [5, 5.41) is 2.88. The Morgan fingerprint density at radius 3 is 2.92 bits per heavy atom. The maximum Gasteiger partial charge on any atom is 0.325 e. The minimum absolute atomic E-state index is 0.0247. The van der Waals surface area contributed by atoms with Crippen molar-refractivity contribution in [3.63, 3.8) is 0 Å². The quantitative estimate of drug-likeness (QED) is 0.663. The first-order valence-electron chi connectivity index (χ1n) is 8.46. The Balaban J connectivity index is 1.77. The molecule has 0 bridgehead atoms. The summed E-state index contributed by atoms with van der Waals surface area (Å²) in [4.78, 5) is 38.1. The number of rotatable bonds is 5. The van der Waals surface area contributed by atoms with E-state index >= 15 is 0 Å². The zero-order chi connectivity index (χ0) is 17.2. The van der Waals surface area contributed by atoms with E-state index in [0.29, 0.717) is 13.0 Å². The van der Waals surface area contributed by atoms with Gasteiger partial charge in [0.15, 0.2) is 0 Å². The molecule has 1 atom stereocenters. The van der Waals surface area contributed by atoms with Crippen LogP contribution in [0.4, 0.5) is 4.79 Å². The van der Waals surface area contributed by atoms with Gasteiger partial charge in [-0.25, -0.2) is 4.79 Å². The van der Waals surface area contributed by atoms with E-state index in [1.165, 1.54) is 0 Å². The molecule has 3 rings (SSSR count). The summed E-state index contributed by atoms with van der Waals surface area (Å²) in [6.45, 7) is 2.32. The van der Waals surface area contributed by atoms with Crippen molar-refractivity contribution >= 4 is 17.9 Å². The molecule has 0 radical (unpaired) electrons. The van der Waals surface area contributed by atoms with Crippen LogP contribution in [-0.2, 0) is 26.3 Å². The van der Waals surface area contributed by atoms with E-state index in [4.69, 9.17) is 4.74 Å². The average Bonchev–Trinajstić information content (AvgIpc) is 2.82. The fourth-order valence-electron chi connectivity index (χ4n) is 3.51. The number of nitrogens with one attached hydrogen (secondary N) is 1. The van der Waals surface area contributed by atoms with Gasteiger partial charge in [0, 0.05) is 6.54 Å². The highest BCUT2D eigenvalue weighted by atomic mass is 16.5. The molecule has 1 aliphatic heterocycles. The third-order valence-electron chi connectivity index (χ3n) is 4.66. The van der Waals surface area contributed by atoms with Crippen LogP contribution in [0.25, 0.3) is 0 Å². The first kappa shape index (κ1) is 16.5. The Kier molecular flexibility index (Phi) is 4.55. The average molecular weight is 330 g/mol. The molecule has 6 heteroatoms. The van der Waals surface area contributed by atoms with E-state index in [9.17, 15) is 14.4 Å². The molecule has 1 heterocycles. The molecule has 24 heavy (non-hydrogen) atoms. The number of esters is 1. The van der Waals surface area contributed by atoms with Crippen molar-refractivity contribution in [3.05, 3.63) is 35.4 Å². The molecule has 0 aromatic heterocycles. The molecular weight excluding hydrogens is 308 g/mol. The van der Waals surface area contributed by atoms with Crippen LogP contribution in [0.1, 0.15) is 43.7 Å². The smallest absolute Gasteiger partial charge is 0.325 e. The Bertz CT molecular complexity index is 673. The minimum atomic E-state index is -0.973. The monoisotopic (exact) mass is 330 g/mol. The second-order valence-electron chi connectivity index (χ2n) is 6.27. The predicted molar refractivity (Wildman–Crippen MR) is 87.2 cm³/mol. The zero-order valence-corrected chi connectivity index (χ0v) is 13.8. The minimum Gasteiger partial charge on any atom is -0.466 e. The second-order valence-corrected chi connectivity index (χ2v) is 6.27. The molecule has 1 saturated heterocycles. The molecule has 0 unspecified atom stereocenters.